The first kappa shape index (κ1) is 20.3. The van der Waals surface area contributed by atoms with Gasteiger partial charge in [-0.2, -0.15) is 0 Å². The van der Waals surface area contributed by atoms with E-state index in [4.69, 9.17) is 28.4 Å². The summed E-state index contributed by atoms with van der Waals surface area (Å²) < 4.78 is 31.9. The molecule has 0 radical (unpaired) electrons. The van der Waals surface area contributed by atoms with Gasteiger partial charge in [-0.05, 0) is 6.07 Å². The predicted molar refractivity (Wildman–Crippen MR) is 102 cm³/mol. The number of methoxy groups -OCH3 is 5. The summed E-state index contributed by atoms with van der Waals surface area (Å²) in [6.45, 7) is 0. The molecule has 2 aromatic rings. The number of benzene rings is 2. The van der Waals surface area contributed by atoms with Crippen molar-refractivity contribution in [2.45, 2.75) is 5.92 Å². The van der Waals surface area contributed by atoms with Crippen molar-refractivity contribution in [2.75, 3.05) is 35.5 Å². The van der Waals surface area contributed by atoms with E-state index in [2.05, 4.69) is 0 Å². The standard InChI is InChI=1S/C21H22O8/c1-24-11-6-7-13(14(8-11)26-3)17-18-15(27-4)9-12(25-2)10-16(18)29-21(23)19(17)20(22)28-5/h6-10,17,19H,1-5H3. The fourth-order valence-electron chi connectivity index (χ4n) is 3.50. The molecule has 0 saturated heterocycles. The van der Waals surface area contributed by atoms with Crippen molar-refractivity contribution in [2.24, 2.45) is 5.92 Å². The molecule has 0 spiro atoms. The van der Waals surface area contributed by atoms with Crippen molar-refractivity contribution in [1.29, 1.82) is 0 Å². The van der Waals surface area contributed by atoms with Crippen LogP contribution in [0.5, 0.6) is 28.7 Å². The fourth-order valence-corrected chi connectivity index (χ4v) is 3.50. The zero-order valence-electron chi connectivity index (χ0n) is 16.8. The second kappa shape index (κ2) is 8.30. The highest BCUT2D eigenvalue weighted by Crippen LogP contribution is 2.51. The minimum Gasteiger partial charge on any atom is -0.497 e. The maximum atomic E-state index is 12.8. The van der Waals surface area contributed by atoms with E-state index in [1.165, 1.54) is 35.5 Å². The van der Waals surface area contributed by atoms with Gasteiger partial charge in [0.15, 0.2) is 5.92 Å². The van der Waals surface area contributed by atoms with Gasteiger partial charge in [0, 0.05) is 35.2 Å². The second-order valence-electron chi connectivity index (χ2n) is 6.25. The Morgan fingerprint density at radius 1 is 0.862 bits per heavy atom. The Kier molecular flexibility index (Phi) is 5.81. The predicted octanol–water partition coefficient (Wildman–Crippen LogP) is 2.56. The van der Waals surface area contributed by atoms with Gasteiger partial charge in [0.1, 0.15) is 28.7 Å². The summed E-state index contributed by atoms with van der Waals surface area (Å²) in [7, 11) is 7.24. The molecule has 3 rings (SSSR count). The molecule has 0 aromatic heterocycles. The van der Waals surface area contributed by atoms with Crippen molar-refractivity contribution < 1.29 is 38.0 Å². The second-order valence-corrected chi connectivity index (χ2v) is 6.25. The zero-order valence-corrected chi connectivity index (χ0v) is 16.8. The fraction of sp³-hybridized carbons (Fsp3) is 0.333. The Labute approximate surface area is 168 Å². The van der Waals surface area contributed by atoms with Gasteiger partial charge in [-0.15, -0.1) is 0 Å². The van der Waals surface area contributed by atoms with Crippen molar-refractivity contribution in [1.82, 2.24) is 0 Å². The molecule has 0 bridgehead atoms. The first-order valence-corrected chi connectivity index (χ1v) is 8.76. The Morgan fingerprint density at radius 3 is 2.10 bits per heavy atom. The van der Waals surface area contributed by atoms with Crippen molar-refractivity contribution >= 4 is 11.9 Å². The number of ether oxygens (including phenoxy) is 6. The van der Waals surface area contributed by atoms with Crippen molar-refractivity contribution in [3.8, 4) is 28.7 Å². The van der Waals surface area contributed by atoms with Crippen molar-refractivity contribution in [3.05, 3.63) is 41.5 Å². The smallest absolute Gasteiger partial charge is 0.326 e. The third-order valence-corrected chi connectivity index (χ3v) is 4.87. The van der Waals surface area contributed by atoms with Crippen LogP contribution in [0.15, 0.2) is 30.3 Å². The summed E-state index contributed by atoms with van der Waals surface area (Å²) in [5.74, 6) is -1.34. The highest BCUT2D eigenvalue weighted by atomic mass is 16.6. The van der Waals surface area contributed by atoms with Crippen LogP contribution in [-0.2, 0) is 14.3 Å². The van der Waals surface area contributed by atoms with Gasteiger partial charge in [-0.25, -0.2) is 0 Å². The Morgan fingerprint density at radius 2 is 1.52 bits per heavy atom. The molecular weight excluding hydrogens is 380 g/mol. The van der Waals surface area contributed by atoms with Crippen LogP contribution in [0.3, 0.4) is 0 Å². The molecule has 0 fully saturated rings. The zero-order chi connectivity index (χ0) is 21.1. The molecule has 29 heavy (non-hydrogen) atoms. The Bertz CT molecular complexity index is 937. The van der Waals surface area contributed by atoms with Crippen LogP contribution in [-0.4, -0.2) is 47.5 Å². The maximum absolute atomic E-state index is 12.8. The average Bonchev–Trinajstić information content (AvgIpc) is 2.76. The number of hydrogen-bond acceptors (Lipinski definition) is 8. The third kappa shape index (κ3) is 3.53. The maximum Gasteiger partial charge on any atom is 0.326 e. The van der Waals surface area contributed by atoms with Crippen LogP contribution in [0, 0.1) is 5.92 Å². The largest absolute Gasteiger partial charge is 0.497 e. The van der Waals surface area contributed by atoms with Crippen LogP contribution < -0.4 is 23.7 Å². The Hall–Kier alpha value is -3.42. The summed E-state index contributed by atoms with van der Waals surface area (Å²) >= 11 is 0. The van der Waals surface area contributed by atoms with E-state index in [9.17, 15) is 9.59 Å². The topological polar surface area (TPSA) is 89.5 Å². The van der Waals surface area contributed by atoms with Gasteiger partial charge in [0.05, 0.1) is 35.5 Å². The van der Waals surface area contributed by atoms with Crippen LogP contribution in [0.25, 0.3) is 0 Å². The van der Waals surface area contributed by atoms with E-state index in [0.29, 0.717) is 34.1 Å². The van der Waals surface area contributed by atoms with Gasteiger partial charge >= 0.3 is 11.9 Å². The molecule has 154 valence electrons. The summed E-state index contributed by atoms with van der Waals surface area (Å²) in [6, 6.07) is 8.38. The molecule has 1 aliphatic heterocycles. The molecule has 8 nitrogen and oxygen atoms in total. The van der Waals surface area contributed by atoms with Gasteiger partial charge in [-0.3, -0.25) is 9.59 Å². The van der Waals surface area contributed by atoms with Crippen LogP contribution in [0.2, 0.25) is 0 Å². The van der Waals surface area contributed by atoms with E-state index in [0.717, 1.165) is 0 Å². The number of carbonyl (C=O) groups is 2. The summed E-state index contributed by atoms with van der Waals surface area (Å²) in [5.41, 5.74) is 1.11. The lowest BCUT2D eigenvalue weighted by atomic mass is 9.77. The van der Waals surface area contributed by atoms with Crippen LogP contribution in [0.4, 0.5) is 0 Å². The van der Waals surface area contributed by atoms with Crippen LogP contribution in [0.1, 0.15) is 17.0 Å². The first-order chi connectivity index (χ1) is 14.0. The molecule has 0 N–H and O–H groups in total. The highest BCUT2D eigenvalue weighted by molar-refractivity contribution is 5.99. The molecule has 1 heterocycles. The first-order valence-electron chi connectivity index (χ1n) is 8.76. The molecule has 0 amide bonds. The van der Waals surface area contributed by atoms with E-state index in [1.54, 1.807) is 30.3 Å². The third-order valence-electron chi connectivity index (χ3n) is 4.87. The molecule has 0 aliphatic carbocycles. The van der Waals surface area contributed by atoms with Crippen molar-refractivity contribution in [3.63, 3.8) is 0 Å². The highest BCUT2D eigenvalue weighted by Gasteiger charge is 2.47. The van der Waals surface area contributed by atoms with E-state index < -0.39 is 23.8 Å². The van der Waals surface area contributed by atoms with E-state index in [-0.39, 0.29) is 5.75 Å². The number of esters is 2. The monoisotopic (exact) mass is 402 g/mol. The number of rotatable bonds is 6. The lowest BCUT2D eigenvalue weighted by Gasteiger charge is -2.32. The lowest BCUT2D eigenvalue weighted by Crippen LogP contribution is -2.38. The normalized spacial score (nSPS) is 17.6. The average molecular weight is 402 g/mol. The molecule has 2 aromatic carbocycles. The van der Waals surface area contributed by atoms with Gasteiger partial charge < -0.3 is 28.4 Å². The van der Waals surface area contributed by atoms with Gasteiger partial charge in [0.2, 0.25) is 0 Å². The van der Waals surface area contributed by atoms with Crippen LogP contribution >= 0.6 is 0 Å². The minimum atomic E-state index is -1.24. The molecule has 2 atom stereocenters. The number of carbonyl (C=O) groups excluding carboxylic acids is 2. The summed E-state index contributed by atoms with van der Waals surface area (Å²) in [6.07, 6.45) is 0. The molecule has 1 aliphatic rings. The van der Waals surface area contributed by atoms with E-state index >= 15 is 0 Å². The number of hydrogen-bond donors (Lipinski definition) is 0. The van der Waals surface area contributed by atoms with Gasteiger partial charge in [-0.1, -0.05) is 6.07 Å². The quantitative estimate of drug-likeness (QED) is 0.414. The molecule has 8 heteroatoms. The van der Waals surface area contributed by atoms with E-state index in [1.807, 2.05) is 0 Å². The molecular formula is C21H22O8. The summed E-state index contributed by atoms with van der Waals surface area (Å²) in [4.78, 5) is 25.4. The number of fused-ring (bicyclic) bond motifs is 1. The lowest BCUT2D eigenvalue weighted by molar-refractivity contribution is -0.157. The molecule has 2 unspecified atom stereocenters. The van der Waals surface area contributed by atoms with Gasteiger partial charge in [0.25, 0.3) is 0 Å². The molecule has 0 saturated carbocycles. The summed E-state index contributed by atoms with van der Waals surface area (Å²) in [5, 5.41) is 0. The Balaban J connectivity index is 2.31. The SMILES string of the molecule is COC(=O)C1C(=O)Oc2cc(OC)cc(OC)c2C1c1ccc(OC)cc1OC. The minimum absolute atomic E-state index is 0.245.